The molecule has 0 heterocycles. The van der Waals surface area contributed by atoms with Crippen molar-refractivity contribution in [3.05, 3.63) is 29.8 Å². The van der Waals surface area contributed by atoms with Crippen molar-refractivity contribution >= 4 is 32.7 Å². The summed E-state index contributed by atoms with van der Waals surface area (Å²) in [5, 5.41) is -0.746. The minimum Gasteiger partial charge on any atom is -0.388 e. The summed E-state index contributed by atoms with van der Waals surface area (Å²) in [6.07, 6.45) is 0.748. The van der Waals surface area contributed by atoms with E-state index in [0.29, 0.717) is 18.8 Å². The number of rotatable bonds is 8. The average molecular weight is 346 g/mol. The van der Waals surface area contributed by atoms with Crippen molar-refractivity contribution in [1.82, 2.24) is 4.72 Å². The highest BCUT2D eigenvalue weighted by Crippen LogP contribution is 2.13. The number of nitrogens with two attached hydrogens (primary N) is 1. The molecule has 6 nitrogen and oxygen atoms in total. The number of nitrogens with zero attached hydrogens (tertiary/aromatic N) is 1. The summed E-state index contributed by atoms with van der Waals surface area (Å²) in [6.45, 7) is 3.93. The second kappa shape index (κ2) is 8.26. The lowest BCUT2D eigenvalue weighted by atomic mass is 10.2. The number of aliphatic imine (C=N–C) groups is 1. The summed E-state index contributed by atoms with van der Waals surface area (Å²) in [6, 6.07) is 5.35. The molecular weight excluding hydrogens is 326 g/mol. The monoisotopic (exact) mass is 345 g/mol. The molecule has 22 heavy (non-hydrogen) atoms. The lowest BCUT2D eigenvalue weighted by molar-refractivity contribution is -0.113. The van der Waals surface area contributed by atoms with Gasteiger partial charge in [-0.05, 0) is 50.4 Å². The Kier molecular flexibility index (Phi) is 6.99. The second-order valence-corrected chi connectivity index (χ2v) is 7.04. The Hall–Kier alpha value is -1.44. The molecule has 0 saturated heterocycles. The van der Waals surface area contributed by atoms with Crippen LogP contribution in [0.5, 0.6) is 0 Å². The third kappa shape index (κ3) is 6.13. The molecule has 0 aliphatic heterocycles. The molecule has 0 aliphatic carbocycles. The van der Waals surface area contributed by atoms with E-state index in [9.17, 15) is 13.2 Å². The molecule has 0 amide bonds. The fraction of sp³-hybridized carbons (Fsp3) is 0.429. The predicted octanol–water partition coefficient (Wildman–Crippen LogP) is 1.56. The Balaban J connectivity index is 2.75. The molecular formula is C14H20ClN3O3S. The zero-order valence-electron chi connectivity index (χ0n) is 12.5. The van der Waals surface area contributed by atoms with E-state index >= 15 is 0 Å². The van der Waals surface area contributed by atoms with Crippen LogP contribution in [0, 0.1) is 6.92 Å². The van der Waals surface area contributed by atoms with Crippen LogP contribution in [0.4, 0.5) is 0 Å². The van der Waals surface area contributed by atoms with Gasteiger partial charge in [-0.1, -0.05) is 17.7 Å². The number of amidine groups is 1. The van der Waals surface area contributed by atoms with E-state index in [1.165, 1.54) is 12.1 Å². The highest BCUT2D eigenvalue weighted by Gasteiger charge is 2.24. The van der Waals surface area contributed by atoms with Crippen molar-refractivity contribution in [3.8, 4) is 0 Å². The lowest BCUT2D eigenvalue weighted by Crippen LogP contribution is -2.39. The van der Waals surface area contributed by atoms with E-state index in [2.05, 4.69) is 9.71 Å². The molecule has 0 radical (unpaired) electrons. The Labute approximate surface area is 135 Å². The first-order chi connectivity index (χ1) is 10.2. The number of hydrogen-bond acceptors (Lipinski definition) is 4. The highest BCUT2D eigenvalue weighted by atomic mass is 35.5. The van der Waals surface area contributed by atoms with E-state index < -0.39 is 21.3 Å². The van der Waals surface area contributed by atoms with Crippen LogP contribution in [-0.2, 0) is 14.8 Å². The van der Waals surface area contributed by atoms with Gasteiger partial charge in [-0.25, -0.2) is 8.42 Å². The fourth-order valence-electron chi connectivity index (χ4n) is 1.74. The van der Waals surface area contributed by atoms with Gasteiger partial charge in [0.25, 0.3) is 0 Å². The zero-order valence-corrected chi connectivity index (χ0v) is 14.1. The number of benzene rings is 1. The fourth-order valence-corrected chi connectivity index (χ4v) is 3.20. The molecule has 8 heteroatoms. The number of hydrogen-bond donors (Lipinski definition) is 2. The molecule has 0 spiro atoms. The molecule has 1 aromatic rings. The summed E-state index contributed by atoms with van der Waals surface area (Å²) in [7, 11) is -3.79. The molecule has 0 unspecified atom stereocenters. The molecule has 1 aromatic carbocycles. The molecule has 0 bridgehead atoms. The van der Waals surface area contributed by atoms with Crippen molar-refractivity contribution in [2.75, 3.05) is 6.54 Å². The molecule has 3 N–H and O–H groups in total. The van der Waals surface area contributed by atoms with E-state index in [1.54, 1.807) is 19.1 Å². The van der Waals surface area contributed by atoms with E-state index in [-0.39, 0.29) is 11.3 Å². The number of halogens is 1. The van der Waals surface area contributed by atoms with Crippen LogP contribution in [0.25, 0.3) is 0 Å². The maximum atomic E-state index is 12.2. The number of aryl methyl sites for hydroxylation is 1. The summed E-state index contributed by atoms with van der Waals surface area (Å²) in [5.74, 6) is 0.439. The molecule has 0 saturated carbocycles. The summed E-state index contributed by atoms with van der Waals surface area (Å²) < 4.78 is 26.8. The van der Waals surface area contributed by atoms with Gasteiger partial charge in [-0.15, -0.1) is 0 Å². The van der Waals surface area contributed by atoms with Crippen LogP contribution in [0.1, 0.15) is 25.3 Å². The number of carbonyl (C=O) groups excluding carboxylic acids is 1. The van der Waals surface area contributed by atoms with Gasteiger partial charge >= 0.3 is 0 Å². The maximum absolute atomic E-state index is 12.2. The second-order valence-electron chi connectivity index (χ2n) is 4.96. The number of nitrogens with one attached hydrogen (secondary N) is 1. The quantitative estimate of drug-likeness (QED) is 0.323. The average Bonchev–Trinajstić information content (AvgIpc) is 2.42. The summed E-state index contributed by atoms with van der Waals surface area (Å²) in [5.41, 5.74) is 6.35. The van der Waals surface area contributed by atoms with Gasteiger partial charge < -0.3 is 5.73 Å². The van der Waals surface area contributed by atoms with Gasteiger partial charge in [0.1, 0.15) is 0 Å². The summed E-state index contributed by atoms with van der Waals surface area (Å²) in [4.78, 5) is 15.5. The predicted molar refractivity (Wildman–Crippen MR) is 87.5 cm³/mol. The van der Waals surface area contributed by atoms with E-state index in [1.807, 2.05) is 6.92 Å². The molecule has 0 aliphatic rings. The number of sulfonamides is 1. The third-order valence-corrected chi connectivity index (χ3v) is 4.67. The first-order valence-electron chi connectivity index (χ1n) is 6.77. The van der Waals surface area contributed by atoms with E-state index in [4.69, 9.17) is 17.3 Å². The highest BCUT2D eigenvalue weighted by molar-refractivity contribution is 7.89. The molecule has 1 rings (SSSR count). The topological polar surface area (TPSA) is 102 Å². The minimum atomic E-state index is -3.79. The lowest BCUT2D eigenvalue weighted by Gasteiger charge is -2.14. The van der Waals surface area contributed by atoms with Crippen LogP contribution >= 0.6 is 11.6 Å². The SMILES string of the molecule is CC(N)=NCCC[C@H](NS(=O)(=O)c1ccc(C)cc1)C(=O)Cl. The van der Waals surface area contributed by atoms with E-state index in [0.717, 1.165) is 5.56 Å². The van der Waals surface area contributed by atoms with Crippen LogP contribution in [0.3, 0.4) is 0 Å². The van der Waals surface area contributed by atoms with Gasteiger partial charge in [0.2, 0.25) is 15.3 Å². The Morgan fingerprint density at radius 2 is 1.95 bits per heavy atom. The van der Waals surface area contributed by atoms with Crippen LogP contribution in [-0.4, -0.2) is 32.1 Å². The third-order valence-electron chi connectivity index (χ3n) is 2.91. The first-order valence-corrected chi connectivity index (χ1v) is 8.63. The smallest absolute Gasteiger partial charge is 0.241 e. The molecule has 0 fully saturated rings. The first kappa shape index (κ1) is 18.6. The van der Waals surface area contributed by atoms with Gasteiger partial charge in [0.15, 0.2) is 0 Å². The van der Waals surface area contributed by atoms with Crippen molar-refractivity contribution in [2.45, 2.75) is 37.6 Å². The van der Waals surface area contributed by atoms with Crippen molar-refractivity contribution < 1.29 is 13.2 Å². The Morgan fingerprint density at radius 3 is 2.45 bits per heavy atom. The molecule has 1 atom stereocenters. The standard InChI is InChI=1S/C14H20ClN3O3S/c1-10-5-7-12(8-6-10)22(20,21)18-13(14(15)19)4-3-9-17-11(2)16/h5-8,13,18H,3-4,9H2,1-2H3,(H2,16,17)/t13-/m0/s1. The van der Waals surface area contributed by atoms with Crippen molar-refractivity contribution in [3.63, 3.8) is 0 Å². The van der Waals surface area contributed by atoms with Gasteiger partial charge in [-0.2, -0.15) is 4.72 Å². The largest absolute Gasteiger partial charge is 0.388 e. The van der Waals surface area contributed by atoms with Crippen LogP contribution < -0.4 is 10.5 Å². The minimum absolute atomic E-state index is 0.0943. The van der Waals surface area contributed by atoms with Gasteiger partial charge in [0.05, 0.1) is 16.8 Å². The Morgan fingerprint density at radius 1 is 1.36 bits per heavy atom. The summed E-state index contributed by atoms with van der Waals surface area (Å²) >= 11 is 5.48. The van der Waals surface area contributed by atoms with Crippen molar-refractivity contribution in [1.29, 1.82) is 0 Å². The normalized spacial score (nSPS) is 13.9. The van der Waals surface area contributed by atoms with Crippen LogP contribution in [0.15, 0.2) is 34.2 Å². The van der Waals surface area contributed by atoms with Crippen LogP contribution in [0.2, 0.25) is 0 Å². The molecule has 122 valence electrons. The van der Waals surface area contributed by atoms with Crippen molar-refractivity contribution in [2.24, 2.45) is 10.7 Å². The van der Waals surface area contributed by atoms with Gasteiger partial charge in [-0.3, -0.25) is 9.79 Å². The Bertz CT molecular complexity index is 638. The zero-order chi connectivity index (χ0) is 16.8. The number of carbonyl (C=O) groups is 1. The van der Waals surface area contributed by atoms with Gasteiger partial charge in [0, 0.05) is 6.54 Å². The maximum Gasteiger partial charge on any atom is 0.241 e. The molecule has 0 aromatic heterocycles.